The molecule has 0 aliphatic rings. The third-order valence-corrected chi connectivity index (χ3v) is 7.30. The molecular formula is C19H14Cl2F2N2O5S2. The van der Waals surface area contributed by atoms with E-state index in [1.807, 2.05) is 9.44 Å². The van der Waals surface area contributed by atoms with Gasteiger partial charge in [-0.05, 0) is 54.6 Å². The predicted octanol–water partition coefficient (Wildman–Crippen LogP) is 4.88. The smallest absolute Gasteiger partial charge is 0.265 e. The third-order valence-electron chi connectivity index (χ3n) is 4.08. The van der Waals surface area contributed by atoms with E-state index in [1.165, 1.54) is 19.2 Å². The lowest BCUT2D eigenvalue weighted by atomic mass is 10.3. The maximum Gasteiger partial charge on any atom is 0.265 e. The zero-order chi connectivity index (χ0) is 23.7. The van der Waals surface area contributed by atoms with Gasteiger partial charge in [-0.1, -0.05) is 23.2 Å². The number of methoxy groups -OCH3 is 1. The van der Waals surface area contributed by atoms with Crippen LogP contribution in [0, 0.1) is 11.6 Å². The number of benzene rings is 3. The lowest BCUT2D eigenvalue weighted by Crippen LogP contribution is -2.18. The highest BCUT2D eigenvalue weighted by molar-refractivity contribution is 7.93. The molecule has 2 N–H and O–H groups in total. The Bertz CT molecular complexity index is 1400. The standard InChI is InChI=1S/C19H14Cl2F2N2O5S2/c1-30-18-7-4-13(31(26,27)24-16-8-11(20)2-5-14(16)22)10-19(18)32(28,29)25-17-9-12(21)3-6-15(17)23/h2-10,24-25H,1H3. The molecule has 0 bridgehead atoms. The van der Waals surface area contributed by atoms with Crippen LogP contribution >= 0.6 is 23.2 Å². The van der Waals surface area contributed by atoms with Crippen molar-refractivity contribution in [2.75, 3.05) is 16.6 Å². The number of nitrogens with one attached hydrogen (secondary N) is 2. The van der Waals surface area contributed by atoms with Crippen LogP contribution in [-0.2, 0) is 20.0 Å². The van der Waals surface area contributed by atoms with Crippen molar-refractivity contribution >= 4 is 54.6 Å². The van der Waals surface area contributed by atoms with Crippen molar-refractivity contribution in [3.05, 3.63) is 76.3 Å². The summed E-state index contributed by atoms with van der Waals surface area (Å²) in [5.41, 5.74) is -0.885. The minimum absolute atomic E-state index is 0.0696. The topological polar surface area (TPSA) is 102 Å². The van der Waals surface area contributed by atoms with Crippen LogP contribution in [0.15, 0.2) is 64.4 Å². The van der Waals surface area contributed by atoms with Gasteiger partial charge in [0.2, 0.25) is 0 Å². The average molecular weight is 523 g/mol. The number of halogens is 4. The molecule has 3 aromatic carbocycles. The van der Waals surface area contributed by atoms with Crippen LogP contribution < -0.4 is 14.2 Å². The first kappa shape index (κ1) is 24.1. The van der Waals surface area contributed by atoms with Crippen molar-refractivity contribution in [3.63, 3.8) is 0 Å². The number of hydrogen-bond donors (Lipinski definition) is 2. The van der Waals surface area contributed by atoms with E-state index in [0.29, 0.717) is 0 Å². The molecule has 0 fully saturated rings. The lowest BCUT2D eigenvalue weighted by molar-refractivity contribution is 0.402. The Morgan fingerprint density at radius 3 is 1.75 bits per heavy atom. The van der Waals surface area contributed by atoms with Gasteiger partial charge in [0.1, 0.15) is 22.3 Å². The third kappa shape index (κ3) is 5.23. The van der Waals surface area contributed by atoms with Crippen molar-refractivity contribution in [1.82, 2.24) is 0 Å². The van der Waals surface area contributed by atoms with Gasteiger partial charge in [-0.2, -0.15) is 0 Å². The minimum Gasteiger partial charge on any atom is -0.495 e. The van der Waals surface area contributed by atoms with E-state index in [-0.39, 0.29) is 15.8 Å². The molecular weight excluding hydrogens is 509 g/mol. The Balaban J connectivity index is 2.04. The highest BCUT2D eigenvalue weighted by Crippen LogP contribution is 2.31. The number of rotatable bonds is 7. The summed E-state index contributed by atoms with van der Waals surface area (Å²) in [6, 6.07) is 9.42. The molecule has 0 aliphatic carbocycles. The van der Waals surface area contributed by atoms with Crippen LogP contribution in [0.3, 0.4) is 0 Å². The van der Waals surface area contributed by atoms with Gasteiger partial charge in [0.15, 0.2) is 0 Å². The molecule has 0 amide bonds. The highest BCUT2D eigenvalue weighted by atomic mass is 35.5. The number of ether oxygens (including phenoxy) is 1. The van der Waals surface area contributed by atoms with Gasteiger partial charge in [-0.25, -0.2) is 25.6 Å². The SMILES string of the molecule is COc1ccc(S(=O)(=O)Nc2cc(Cl)ccc2F)cc1S(=O)(=O)Nc1cc(Cl)ccc1F. The van der Waals surface area contributed by atoms with Gasteiger partial charge in [-0.15, -0.1) is 0 Å². The summed E-state index contributed by atoms with van der Waals surface area (Å²) in [5.74, 6) is -2.01. The van der Waals surface area contributed by atoms with Gasteiger partial charge in [0.25, 0.3) is 20.0 Å². The maximum atomic E-state index is 14.0. The van der Waals surface area contributed by atoms with E-state index in [4.69, 9.17) is 27.9 Å². The number of anilines is 2. The second kappa shape index (κ2) is 9.10. The summed E-state index contributed by atoms with van der Waals surface area (Å²) in [6.45, 7) is 0. The molecule has 0 unspecified atom stereocenters. The largest absolute Gasteiger partial charge is 0.495 e. The molecule has 170 valence electrons. The van der Waals surface area contributed by atoms with Crippen molar-refractivity contribution in [3.8, 4) is 5.75 Å². The van der Waals surface area contributed by atoms with Crippen molar-refractivity contribution in [2.24, 2.45) is 0 Å². The fourth-order valence-corrected chi connectivity index (χ4v) is 5.35. The zero-order valence-corrected chi connectivity index (χ0v) is 19.2. The predicted molar refractivity (Wildman–Crippen MR) is 117 cm³/mol. The molecule has 0 atom stereocenters. The monoisotopic (exact) mass is 522 g/mol. The highest BCUT2D eigenvalue weighted by Gasteiger charge is 2.26. The summed E-state index contributed by atoms with van der Waals surface area (Å²) in [6.07, 6.45) is 0. The van der Waals surface area contributed by atoms with E-state index < -0.39 is 52.8 Å². The fourth-order valence-electron chi connectivity index (χ4n) is 2.59. The number of sulfonamides is 2. The van der Waals surface area contributed by atoms with Crippen LogP contribution in [0.4, 0.5) is 20.2 Å². The Morgan fingerprint density at radius 1 is 0.750 bits per heavy atom. The van der Waals surface area contributed by atoms with Gasteiger partial charge in [-0.3, -0.25) is 9.44 Å². The molecule has 3 rings (SSSR count). The Hall–Kier alpha value is -2.60. The Labute approximate surface area is 193 Å². The fraction of sp³-hybridized carbons (Fsp3) is 0.0526. The van der Waals surface area contributed by atoms with Gasteiger partial charge in [0, 0.05) is 10.0 Å². The summed E-state index contributed by atoms with van der Waals surface area (Å²) in [7, 11) is -7.80. The van der Waals surface area contributed by atoms with E-state index in [9.17, 15) is 25.6 Å². The second-order valence-corrected chi connectivity index (χ2v) is 10.5. The van der Waals surface area contributed by atoms with Crippen molar-refractivity contribution in [1.29, 1.82) is 0 Å². The first-order valence-electron chi connectivity index (χ1n) is 8.57. The Morgan fingerprint density at radius 2 is 1.25 bits per heavy atom. The Kier molecular flexibility index (Phi) is 6.84. The molecule has 7 nitrogen and oxygen atoms in total. The molecule has 0 spiro atoms. The van der Waals surface area contributed by atoms with Crippen molar-refractivity contribution < 1.29 is 30.4 Å². The van der Waals surface area contributed by atoms with E-state index in [1.54, 1.807) is 0 Å². The second-order valence-electron chi connectivity index (χ2n) is 6.27. The van der Waals surface area contributed by atoms with Crippen LogP contribution in [0.2, 0.25) is 10.0 Å². The van der Waals surface area contributed by atoms with Gasteiger partial charge >= 0.3 is 0 Å². The van der Waals surface area contributed by atoms with E-state index >= 15 is 0 Å². The van der Waals surface area contributed by atoms with Crippen molar-refractivity contribution in [2.45, 2.75) is 9.79 Å². The molecule has 0 radical (unpaired) electrons. The molecule has 0 heterocycles. The first-order chi connectivity index (χ1) is 14.9. The molecule has 0 saturated carbocycles. The van der Waals surface area contributed by atoms with Crippen LogP contribution in [0.25, 0.3) is 0 Å². The molecule has 32 heavy (non-hydrogen) atoms. The van der Waals surface area contributed by atoms with Gasteiger partial charge in [0.05, 0.1) is 23.4 Å². The normalized spacial score (nSPS) is 11.8. The average Bonchev–Trinajstić information content (AvgIpc) is 2.72. The molecule has 0 aliphatic heterocycles. The van der Waals surface area contributed by atoms with E-state index in [0.717, 1.165) is 42.5 Å². The van der Waals surface area contributed by atoms with E-state index in [2.05, 4.69) is 0 Å². The summed E-state index contributed by atoms with van der Waals surface area (Å²) >= 11 is 11.6. The van der Waals surface area contributed by atoms with Crippen LogP contribution in [-0.4, -0.2) is 23.9 Å². The first-order valence-corrected chi connectivity index (χ1v) is 12.3. The molecule has 3 aromatic rings. The zero-order valence-electron chi connectivity index (χ0n) is 16.1. The lowest BCUT2D eigenvalue weighted by Gasteiger charge is -2.15. The molecule has 0 saturated heterocycles. The molecule has 13 heteroatoms. The van der Waals surface area contributed by atoms with Crippen LogP contribution in [0.5, 0.6) is 5.75 Å². The summed E-state index contributed by atoms with van der Waals surface area (Å²) < 4.78 is 88.3. The van der Waals surface area contributed by atoms with Gasteiger partial charge < -0.3 is 4.74 Å². The summed E-state index contributed by atoms with van der Waals surface area (Å²) in [4.78, 5) is -1.13. The quantitative estimate of drug-likeness (QED) is 0.460. The molecule has 0 aromatic heterocycles. The number of hydrogen-bond acceptors (Lipinski definition) is 5. The summed E-state index contributed by atoms with van der Waals surface area (Å²) in [5, 5.41) is 0.148. The minimum atomic E-state index is -4.53. The van der Waals surface area contributed by atoms with Crippen LogP contribution in [0.1, 0.15) is 0 Å². The maximum absolute atomic E-state index is 14.0.